The summed E-state index contributed by atoms with van der Waals surface area (Å²) in [5.41, 5.74) is 5.20. The Balaban J connectivity index is 2.18. The van der Waals surface area contributed by atoms with Crippen molar-refractivity contribution in [2.75, 3.05) is 32.8 Å². The molecule has 1 rings (SSSR count). The first-order valence-corrected chi connectivity index (χ1v) is 6.55. The molecule has 0 aromatic rings. The molecule has 18 heavy (non-hydrogen) atoms. The first-order chi connectivity index (χ1) is 8.63. The molecule has 4 N–H and O–H groups in total. The second kappa shape index (κ2) is 8.42. The molecular formula is C12H24N2O4. The van der Waals surface area contributed by atoms with Gasteiger partial charge < -0.3 is 20.7 Å². The first-order valence-electron chi connectivity index (χ1n) is 6.55. The third-order valence-electron chi connectivity index (χ3n) is 3.13. The van der Waals surface area contributed by atoms with Crippen molar-refractivity contribution in [1.29, 1.82) is 0 Å². The third kappa shape index (κ3) is 5.77. The molecular weight excluding hydrogens is 236 g/mol. The minimum absolute atomic E-state index is 0.208. The lowest BCUT2D eigenvalue weighted by Gasteiger charge is -2.32. The predicted octanol–water partition coefficient (Wildman–Crippen LogP) is -0.914. The molecule has 0 bridgehead atoms. The maximum Gasteiger partial charge on any atom is 0.247 e. The molecule has 2 atom stereocenters. The number of morpholine rings is 1. The molecule has 0 aliphatic carbocycles. The number of amides is 1. The highest BCUT2D eigenvalue weighted by atomic mass is 16.5. The van der Waals surface area contributed by atoms with Gasteiger partial charge in [0.15, 0.2) is 0 Å². The first kappa shape index (κ1) is 15.4. The molecule has 1 aliphatic rings. The number of nitrogens with zero attached hydrogens (tertiary/aromatic N) is 1. The molecule has 1 amide bonds. The van der Waals surface area contributed by atoms with E-state index in [1.54, 1.807) is 0 Å². The minimum atomic E-state index is -0.555. The summed E-state index contributed by atoms with van der Waals surface area (Å²) in [5.74, 6) is -0.447. The molecule has 1 heterocycles. The van der Waals surface area contributed by atoms with E-state index in [1.807, 2.05) is 4.90 Å². The fourth-order valence-electron chi connectivity index (χ4n) is 2.10. The predicted molar refractivity (Wildman–Crippen MR) is 66.9 cm³/mol. The van der Waals surface area contributed by atoms with Gasteiger partial charge in [0.2, 0.25) is 5.91 Å². The number of carbonyl (C=O) groups is 1. The van der Waals surface area contributed by atoms with Gasteiger partial charge in [0, 0.05) is 26.2 Å². The number of primary amides is 1. The van der Waals surface area contributed by atoms with Gasteiger partial charge in [0.25, 0.3) is 0 Å². The van der Waals surface area contributed by atoms with Crippen molar-refractivity contribution in [3.05, 3.63) is 0 Å². The number of rotatable bonds is 8. The van der Waals surface area contributed by atoms with Gasteiger partial charge in [-0.15, -0.1) is 0 Å². The summed E-state index contributed by atoms with van der Waals surface area (Å²) >= 11 is 0. The number of hydrogen-bond donors (Lipinski definition) is 3. The monoisotopic (exact) mass is 260 g/mol. The van der Waals surface area contributed by atoms with Crippen LogP contribution in [-0.2, 0) is 9.53 Å². The summed E-state index contributed by atoms with van der Waals surface area (Å²) < 4.78 is 5.24. The zero-order valence-electron chi connectivity index (χ0n) is 10.8. The smallest absolute Gasteiger partial charge is 0.247 e. The molecule has 0 saturated carbocycles. The molecule has 6 nitrogen and oxygen atoms in total. The number of unbranched alkanes of at least 4 members (excludes halogenated alkanes) is 2. The number of carbonyl (C=O) groups excluding carboxylic acids is 1. The zero-order valence-corrected chi connectivity index (χ0v) is 10.8. The Morgan fingerprint density at radius 2 is 2.22 bits per heavy atom. The second-order valence-electron chi connectivity index (χ2n) is 4.75. The molecule has 0 aromatic heterocycles. The van der Waals surface area contributed by atoms with Gasteiger partial charge in [-0.05, 0) is 12.8 Å². The molecule has 6 heteroatoms. The van der Waals surface area contributed by atoms with Crippen LogP contribution in [0.2, 0.25) is 0 Å². The van der Waals surface area contributed by atoms with Crippen LogP contribution < -0.4 is 5.73 Å². The average molecular weight is 260 g/mol. The maximum atomic E-state index is 11.0. The van der Waals surface area contributed by atoms with Gasteiger partial charge in [-0.1, -0.05) is 12.8 Å². The molecule has 1 fully saturated rings. The fraction of sp³-hybridized carbons (Fsp3) is 0.917. The highest BCUT2D eigenvalue weighted by molar-refractivity contribution is 5.79. The largest absolute Gasteiger partial charge is 0.396 e. The van der Waals surface area contributed by atoms with Crippen LogP contribution in [0.5, 0.6) is 0 Å². The number of hydrogen-bond acceptors (Lipinski definition) is 5. The average Bonchev–Trinajstić information content (AvgIpc) is 2.35. The van der Waals surface area contributed by atoms with Crippen molar-refractivity contribution in [1.82, 2.24) is 4.90 Å². The Hall–Kier alpha value is -0.690. The van der Waals surface area contributed by atoms with Crippen LogP contribution >= 0.6 is 0 Å². The fourth-order valence-corrected chi connectivity index (χ4v) is 2.10. The summed E-state index contributed by atoms with van der Waals surface area (Å²) in [6, 6.07) is 0. The lowest BCUT2D eigenvalue weighted by molar-refractivity contribution is -0.135. The van der Waals surface area contributed by atoms with E-state index in [1.165, 1.54) is 0 Å². The summed E-state index contributed by atoms with van der Waals surface area (Å²) in [7, 11) is 0. The van der Waals surface area contributed by atoms with E-state index in [0.717, 1.165) is 32.2 Å². The Morgan fingerprint density at radius 1 is 1.44 bits per heavy atom. The molecule has 0 spiro atoms. The van der Waals surface area contributed by atoms with E-state index >= 15 is 0 Å². The lowest BCUT2D eigenvalue weighted by atomic mass is 10.1. The van der Waals surface area contributed by atoms with E-state index in [2.05, 4.69) is 0 Å². The van der Waals surface area contributed by atoms with E-state index in [9.17, 15) is 9.90 Å². The standard InChI is InChI=1S/C12H24N2O4/c13-12(17)11-9-14(5-7-18-11)8-10(16)4-2-1-3-6-15/h10-11,15-16H,1-9H2,(H2,13,17). The van der Waals surface area contributed by atoms with Crippen molar-refractivity contribution in [2.24, 2.45) is 5.73 Å². The van der Waals surface area contributed by atoms with Crippen molar-refractivity contribution >= 4 is 5.91 Å². The molecule has 0 radical (unpaired) electrons. The topological polar surface area (TPSA) is 96.0 Å². The number of ether oxygens (including phenoxy) is 1. The third-order valence-corrected chi connectivity index (χ3v) is 3.13. The maximum absolute atomic E-state index is 11.0. The van der Waals surface area contributed by atoms with Crippen LogP contribution in [-0.4, -0.2) is 66.1 Å². The van der Waals surface area contributed by atoms with E-state index in [-0.39, 0.29) is 6.61 Å². The Morgan fingerprint density at radius 3 is 2.89 bits per heavy atom. The molecule has 1 saturated heterocycles. The SMILES string of the molecule is NC(=O)C1CN(CC(O)CCCCCO)CCO1. The molecule has 106 valence electrons. The van der Waals surface area contributed by atoms with E-state index < -0.39 is 18.1 Å². The quantitative estimate of drug-likeness (QED) is 0.491. The number of nitrogens with two attached hydrogens (primary N) is 1. The van der Waals surface area contributed by atoms with Crippen molar-refractivity contribution in [3.63, 3.8) is 0 Å². The summed E-state index contributed by atoms with van der Waals surface area (Å²) in [6.07, 6.45) is 2.40. The van der Waals surface area contributed by atoms with Crippen LogP contribution in [0, 0.1) is 0 Å². The normalized spacial score (nSPS) is 22.9. The van der Waals surface area contributed by atoms with Gasteiger partial charge in [-0.2, -0.15) is 0 Å². The highest BCUT2D eigenvalue weighted by Gasteiger charge is 2.25. The highest BCUT2D eigenvalue weighted by Crippen LogP contribution is 2.09. The van der Waals surface area contributed by atoms with Gasteiger partial charge in [0.05, 0.1) is 12.7 Å². The van der Waals surface area contributed by atoms with Crippen LogP contribution in [0.25, 0.3) is 0 Å². The van der Waals surface area contributed by atoms with Gasteiger partial charge in [-0.25, -0.2) is 0 Å². The van der Waals surface area contributed by atoms with Crippen molar-refractivity contribution < 1.29 is 19.7 Å². The Bertz CT molecular complexity index is 250. The summed E-state index contributed by atoms with van der Waals surface area (Å²) in [4.78, 5) is 13.0. The number of aliphatic hydroxyl groups excluding tert-OH is 2. The second-order valence-corrected chi connectivity index (χ2v) is 4.75. The molecule has 1 aliphatic heterocycles. The van der Waals surface area contributed by atoms with Crippen LogP contribution in [0.4, 0.5) is 0 Å². The summed E-state index contributed by atoms with van der Waals surface area (Å²) in [6.45, 7) is 2.41. The minimum Gasteiger partial charge on any atom is -0.396 e. The van der Waals surface area contributed by atoms with Crippen molar-refractivity contribution in [2.45, 2.75) is 37.9 Å². The number of β-amino-alcohol motifs (C(OH)–C–C–N with tert-alkyl or cyclic N) is 1. The van der Waals surface area contributed by atoms with Crippen LogP contribution in [0.1, 0.15) is 25.7 Å². The Kier molecular flexibility index (Phi) is 7.19. The van der Waals surface area contributed by atoms with Gasteiger partial charge >= 0.3 is 0 Å². The van der Waals surface area contributed by atoms with Crippen LogP contribution in [0.15, 0.2) is 0 Å². The van der Waals surface area contributed by atoms with E-state index in [0.29, 0.717) is 19.7 Å². The van der Waals surface area contributed by atoms with E-state index in [4.69, 9.17) is 15.6 Å². The number of aliphatic hydroxyl groups is 2. The van der Waals surface area contributed by atoms with Crippen molar-refractivity contribution in [3.8, 4) is 0 Å². The molecule has 2 unspecified atom stereocenters. The van der Waals surface area contributed by atoms with Crippen LogP contribution in [0.3, 0.4) is 0 Å². The summed E-state index contributed by atoms with van der Waals surface area (Å²) in [5, 5.41) is 18.5. The lowest BCUT2D eigenvalue weighted by Crippen LogP contribution is -2.50. The van der Waals surface area contributed by atoms with Gasteiger partial charge in [-0.3, -0.25) is 9.69 Å². The van der Waals surface area contributed by atoms with Gasteiger partial charge in [0.1, 0.15) is 6.10 Å². The molecule has 0 aromatic carbocycles. The zero-order chi connectivity index (χ0) is 13.4. The Labute approximate surface area is 108 Å².